The lowest BCUT2D eigenvalue weighted by Crippen LogP contribution is -2.15. The number of ether oxygens (including phenoxy) is 1. The van der Waals surface area contributed by atoms with E-state index in [0.717, 1.165) is 0 Å². The summed E-state index contributed by atoms with van der Waals surface area (Å²) in [6.07, 6.45) is 2.20. The van der Waals surface area contributed by atoms with Gasteiger partial charge in [-0.2, -0.15) is 0 Å². The van der Waals surface area contributed by atoms with Crippen LogP contribution in [0.2, 0.25) is 0 Å². The van der Waals surface area contributed by atoms with Crippen LogP contribution in [0.3, 0.4) is 0 Å². The third-order valence-corrected chi connectivity index (χ3v) is 4.35. The third-order valence-electron chi connectivity index (χ3n) is 2.98. The molecule has 0 spiro atoms. The lowest BCUT2D eigenvalue weighted by molar-refractivity contribution is -0.385. The minimum absolute atomic E-state index is 0.0478. The van der Waals surface area contributed by atoms with Gasteiger partial charge < -0.3 is 10.1 Å². The smallest absolute Gasteiger partial charge is 0.333 e. The minimum Gasteiger partial charge on any atom is -0.484 e. The monoisotopic (exact) mass is 314 g/mol. The van der Waals surface area contributed by atoms with Crippen molar-refractivity contribution < 1.29 is 13.9 Å². The van der Waals surface area contributed by atoms with Gasteiger partial charge in [-0.3, -0.25) is 14.3 Å². The highest BCUT2D eigenvalue weighted by Gasteiger charge is 2.21. The van der Waals surface area contributed by atoms with Gasteiger partial charge in [-0.15, -0.1) is 0 Å². The number of rotatable bonds is 8. The second kappa shape index (κ2) is 7.97. The fraction of sp³-hybridized carbons (Fsp3) is 0.571. The molecule has 0 fully saturated rings. The van der Waals surface area contributed by atoms with Crippen molar-refractivity contribution in [2.75, 3.05) is 18.1 Å². The highest BCUT2D eigenvalue weighted by atomic mass is 32.2. The Labute approximate surface area is 127 Å². The van der Waals surface area contributed by atoms with E-state index >= 15 is 0 Å². The van der Waals surface area contributed by atoms with Gasteiger partial charge in [-0.1, -0.05) is 13.0 Å². The molecule has 21 heavy (non-hydrogen) atoms. The van der Waals surface area contributed by atoms with Gasteiger partial charge in [0.05, 0.1) is 11.0 Å². The number of hydrogen-bond donors (Lipinski definition) is 1. The number of nitrogens with zero attached hydrogens (tertiary/aromatic N) is 1. The van der Waals surface area contributed by atoms with E-state index in [9.17, 15) is 14.3 Å². The fourth-order valence-electron chi connectivity index (χ4n) is 1.78. The van der Waals surface area contributed by atoms with Crippen molar-refractivity contribution >= 4 is 22.2 Å². The second-order valence-electron chi connectivity index (χ2n) is 5.10. The van der Waals surface area contributed by atoms with Crippen LogP contribution in [0.25, 0.3) is 0 Å². The molecular formula is C14H22N2O4S. The zero-order chi connectivity index (χ0) is 16.0. The van der Waals surface area contributed by atoms with Crippen molar-refractivity contribution in [1.29, 1.82) is 0 Å². The normalized spacial score (nSPS) is 13.8. The van der Waals surface area contributed by atoms with Crippen molar-refractivity contribution in [3.63, 3.8) is 0 Å². The van der Waals surface area contributed by atoms with Gasteiger partial charge in [0.25, 0.3) is 0 Å². The standard InChI is InChI=1S/C14H22N2O4S/c1-10(2)20-13-7-5-6-12(14(13)16(17)18)15-9-8-11(3)21(4)19/h5-7,10-11,15H,8-9H2,1-4H3. The summed E-state index contributed by atoms with van der Waals surface area (Å²) in [7, 11) is -0.893. The summed E-state index contributed by atoms with van der Waals surface area (Å²) in [5.41, 5.74) is 0.365. The topological polar surface area (TPSA) is 81.5 Å². The number of benzene rings is 1. The van der Waals surface area contributed by atoms with Gasteiger partial charge in [0, 0.05) is 28.9 Å². The average Bonchev–Trinajstić information content (AvgIpc) is 2.37. The van der Waals surface area contributed by atoms with Gasteiger partial charge in [-0.05, 0) is 32.4 Å². The molecule has 6 nitrogen and oxygen atoms in total. The van der Waals surface area contributed by atoms with Crippen LogP contribution in [0.15, 0.2) is 18.2 Å². The van der Waals surface area contributed by atoms with Crippen LogP contribution < -0.4 is 10.1 Å². The van der Waals surface area contributed by atoms with Crippen LogP contribution in [-0.4, -0.2) is 33.3 Å². The SMILES string of the molecule is CC(C)Oc1cccc(NCCC(C)S(C)=O)c1[N+](=O)[O-]. The molecule has 2 unspecified atom stereocenters. The molecule has 0 heterocycles. The second-order valence-corrected chi connectivity index (χ2v) is 6.90. The maximum absolute atomic E-state index is 11.3. The Morgan fingerprint density at radius 3 is 2.57 bits per heavy atom. The highest BCUT2D eigenvalue weighted by Crippen LogP contribution is 2.35. The number of anilines is 1. The Kier molecular flexibility index (Phi) is 6.61. The van der Waals surface area contributed by atoms with Crippen molar-refractivity contribution in [2.45, 2.75) is 38.5 Å². The van der Waals surface area contributed by atoms with Crippen LogP contribution in [0.1, 0.15) is 27.2 Å². The Morgan fingerprint density at radius 1 is 1.38 bits per heavy atom. The van der Waals surface area contributed by atoms with E-state index in [0.29, 0.717) is 18.7 Å². The largest absolute Gasteiger partial charge is 0.484 e. The average molecular weight is 314 g/mol. The molecule has 0 aromatic heterocycles. The summed E-state index contributed by atoms with van der Waals surface area (Å²) in [6, 6.07) is 4.96. The molecule has 2 atom stereocenters. The Bertz CT molecular complexity index is 520. The van der Waals surface area contributed by atoms with E-state index in [1.54, 1.807) is 24.5 Å². The molecular weight excluding hydrogens is 292 g/mol. The first-order chi connectivity index (χ1) is 9.82. The molecule has 118 valence electrons. The molecule has 0 saturated heterocycles. The summed E-state index contributed by atoms with van der Waals surface area (Å²) in [6.45, 7) is 6.06. The molecule has 0 radical (unpaired) electrons. The predicted octanol–water partition coefficient (Wildman–Crippen LogP) is 2.95. The van der Waals surface area contributed by atoms with Gasteiger partial charge >= 0.3 is 5.69 Å². The maximum Gasteiger partial charge on any atom is 0.333 e. The molecule has 0 bridgehead atoms. The van der Waals surface area contributed by atoms with Gasteiger partial charge in [0.2, 0.25) is 0 Å². The van der Waals surface area contributed by atoms with Crippen LogP contribution in [0, 0.1) is 10.1 Å². The molecule has 1 aromatic carbocycles. The van der Waals surface area contributed by atoms with E-state index in [1.807, 2.05) is 20.8 Å². The summed E-state index contributed by atoms with van der Waals surface area (Å²) >= 11 is 0. The molecule has 0 amide bonds. The lowest BCUT2D eigenvalue weighted by Gasteiger charge is -2.14. The Balaban J connectivity index is 2.86. The summed E-state index contributed by atoms with van der Waals surface area (Å²) < 4.78 is 16.8. The van der Waals surface area contributed by atoms with Gasteiger partial charge in [-0.25, -0.2) is 0 Å². The van der Waals surface area contributed by atoms with E-state index in [1.165, 1.54) is 0 Å². The Morgan fingerprint density at radius 2 is 2.05 bits per heavy atom. The molecule has 0 saturated carbocycles. The minimum atomic E-state index is -0.893. The lowest BCUT2D eigenvalue weighted by atomic mass is 10.2. The van der Waals surface area contributed by atoms with E-state index in [-0.39, 0.29) is 22.8 Å². The molecule has 1 rings (SSSR count). The first kappa shape index (κ1) is 17.4. The molecule has 7 heteroatoms. The molecule has 1 N–H and O–H groups in total. The van der Waals surface area contributed by atoms with E-state index in [2.05, 4.69) is 5.32 Å². The zero-order valence-corrected chi connectivity index (χ0v) is 13.6. The highest BCUT2D eigenvalue weighted by molar-refractivity contribution is 7.84. The first-order valence-electron chi connectivity index (χ1n) is 6.83. The number of nitro groups is 1. The van der Waals surface area contributed by atoms with Crippen LogP contribution in [0.4, 0.5) is 11.4 Å². The summed E-state index contributed by atoms with van der Waals surface area (Å²) in [4.78, 5) is 10.8. The summed E-state index contributed by atoms with van der Waals surface area (Å²) in [5, 5.41) is 14.4. The number of hydrogen-bond acceptors (Lipinski definition) is 5. The van der Waals surface area contributed by atoms with Crippen molar-refractivity contribution in [2.24, 2.45) is 0 Å². The maximum atomic E-state index is 11.3. The van der Waals surface area contributed by atoms with Crippen molar-refractivity contribution in [1.82, 2.24) is 0 Å². The first-order valence-corrected chi connectivity index (χ1v) is 8.45. The van der Waals surface area contributed by atoms with Crippen LogP contribution >= 0.6 is 0 Å². The van der Waals surface area contributed by atoms with E-state index < -0.39 is 15.7 Å². The molecule has 1 aromatic rings. The van der Waals surface area contributed by atoms with Crippen LogP contribution in [-0.2, 0) is 10.8 Å². The number of nitrogens with one attached hydrogen (secondary N) is 1. The number of para-hydroxylation sites is 1. The zero-order valence-electron chi connectivity index (χ0n) is 12.8. The van der Waals surface area contributed by atoms with Crippen molar-refractivity contribution in [3.05, 3.63) is 28.3 Å². The number of nitro benzene ring substituents is 1. The summed E-state index contributed by atoms with van der Waals surface area (Å²) in [5.74, 6) is 0.257. The third kappa shape index (κ3) is 5.34. The quantitative estimate of drug-likeness (QED) is 0.589. The van der Waals surface area contributed by atoms with E-state index in [4.69, 9.17) is 4.74 Å². The van der Waals surface area contributed by atoms with Gasteiger partial charge in [0.15, 0.2) is 5.75 Å². The predicted molar refractivity (Wildman–Crippen MR) is 85.5 cm³/mol. The van der Waals surface area contributed by atoms with Gasteiger partial charge in [0.1, 0.15) is 5.69 Å². The molecule has 0 aliphatic heterocycles. The van der Waals surface area contributed by atoms with Crippen molar-refractivity contribution in [3.8, 4) is 5.75 Å². The molecule has 0 aliphatic carbocycles. The van der Waals surface area contributed by atoms with Crippen LogP contribution in [0.5, 0.6) is 5.75 Å². The Hall–Kier alpha value is -1.63. The molecule has 0 aliphatic rings. The fourth-order valence-corrected chi connectivity index (χ4v) is 2.23.